The Kier molecular flexibility index (Phi) is 4.90. The third kappa shape index (κ3) is 3.29. The van der Waals surface area contributed by atoms with Crippen LogP contribution >= 0.6 is 0 Å². The predicted octanol–water partition coefficient (Wildman–Crippen LogP) is -2.88. The monoisotopic (exact) mass is 326 g/mol. The van der Waals surface area contributed by atoms with E-state index in [4.69, 9.17) is 5.11 Å². The number of nitrogens with zero attached hydrogens (tertiary/aromatic N) is 3. The lowest BCUT2D eigenvalue weighted by Crippen LogP contribution is -2.42. The molecule has 0 aromatic carbocycles. The Morgan fingerprint density at radius 1 is 1.13 bits per heavy atom. The van der Waals surface area contributed by atoms with E-state index in [2.05, 4.69) is 9.97 Å². The highest BCUT2D eigenvalue weighted by Crippen LogP contribution is 2.18. The van der Waals surface area contributed by atoms with Crippen molar-refractivity contribution in [1.82, 2.24) is 19.5 Å². The molecule has 0 unspecified atom stereocenters. The molecule has 10 nitrogen and oxygen atoms in total. The molecule has 10 heteroatoms. The molecule has 0 aromatic heterocycles. The zero-order chi connectivity index (χ0) is 17.3. The van der Waals surface area contributed by atoms with Crippen molar-refractivity contribution in [3.05, 3.63) is 32.2 Å². The van der Waals surface area contributed by atoms with Gasteiger partial charge in [0.1, 0.15) is 18.3 Å². The quantitative estimate of drug-likeness (QED) is 0.391. The smallest absolute Gasteiger partial charge is 0.349 e. The maximum Gasteiger partial charge on any atom is 0.349 e. The van der Waals surface area contributed by atoms with Gasteiger partial charge >= 0.3 is 5.69 Å². The maximum atomic E-state index is 11.8. The maximum absolute atomic E-state index is 11.8. The summed E-state index contributed by atoms with van der Waals surface area (Å²) >= 11 is 0. The molecular formula is C13H18N4O6. The van der Waals surface area contributed by atoms with Gasteiger partial charge in [-0.3, -0.25) is 9.78 Å². The lowest BCUT2D eigenvalue weighted by atomic mass is 10.1. The van der Waals surface area contributed by atoms with Crippen LogP contribution in [0.3, 0.4) is 0 Å². The van der Waals surface area contributed by atoms with E-state index >= 15 is 0 Å². The zero-order valence-electron chi connectivity index (χ0n) is 12.6. The summed E-state index contributed by atoms with van der Waals surface area (Å²) in [5.74, 6) is -0.0356. The molecule has 0 spiro atoms. The molecule has 0 radical (unpaired) electrons. The molecule has 0 aliphatic carbocycles. The van der Waals surface area contributed by atoms with Gasteiger partial charge in [0.05, 0.1) is 18.8 Å². The van der Waals surface area contributed by atoms with Crippen molar-refractivity contribution < 1.29 is 20.4 Å². The van der Waals surface area contributed by atoms with Crippen LogP contribution in [-0.2, 0) is 6.54 Å². The number of aromatic amines is 1. The number of fused-ring (bicyclic) bond motifs is 1. The largest absolute Gasteiger partial charge is 0.394 e. The van der Waals surface area contributed by atoms with Crippen LogP contribution in [0.1, 0.15) is 11.4 Å². The van der Waals surface area contributed by atoms with Crippen LogP contribution in [-0.4, -0.2) is 64.9 Å². The summed E-state index contributed by atoms with van der Waals surface area (Å²) in [6.07, 6.45) is -4.59. The van der Waals surface area contributed by atoms with Crippen LogP contribution in [0.5, 0.6) is 0 Å². The third-order valence-electron chi connectivity index (χ3n) is 3.66. The highest BCUT2D eigenvalue weighted by Gasteiger charge is 2.27. The van der Waals surface area contributed by atoms with Gasteiger partial charge in [0.25, 0.3) is 5.56 Å². The minimum absolute atomic E-state index is 0.0356. The van der Waals surface area contributed by atoms with Crippen LogP contribution in [0.2, 0.25) is 0 Å². The van der Waals surface area contributed by atoms with E-state index in [9.17, 15) is 24.9 Å². The van der Waals surface area contributed by atoms with Crippen molar-refractivity contribution in [2.75, 3.05) is 6.61 Å². The Bertz CT molecular complexity index is 785. The highest BCUT2D eigenvalue weighted by molar-refractivity contribution is 5.50. The van der Waals surface area contributed by atoms with Crippen LogP contribution in [0.4, 0.5) is 0 Å². The molecule has 126 valence electrons. The average Bonchev–Trinajstić information content (AvgIpc) is 2.51. The minimum atomic E-state index is -1.61. The molecule has 0 aromatic rings. The number of rotatable bonds is 5. The van der Waals surface area contributed by atoms with Crippen molar-refractivity contribution in [3.8, 4) is 11.5 Å². The Hall–Kier alpha value is -2.14. The molecule has 2 aliphatic rings. The normalized spacial score (nSPS) is 15.6. The predicted molar refractivity (Wildman–Crippen MR) is 78.1 cm³/mol. The fourth-order valence-electron chi connectivity index (χ4n) is 2.21. The first-order valence-corrected chi connectivity index (χ1v) is 6.89. The van der Waals surface area contributed by atoms with Gasteiger partial charge in [-0.2, -0.15) is 4.98 Å². The van der Waals surface area contributed by atoms with Crippen LogP contribution in [0.15, 0.2) is 9.59 Å². The van der Waals surface area contributed by atoms with E-state index in [-0.39, 0.29) is 18.1 Å². The van der Waals surface area contributed by atoms with Crippen molar-refractivity contribution in [3.63, 3.8) is 0 Å². The van der Waals surface area contributed by atoms with Crippen molar-refractivity contribution >= 4 is 0 Å². The molecule has 0 fully saturated rings. The fourth-order valence-corrected chi connectivity index (χ4v) is 2.21. The summed E-state index contributed by atoms with van der Waals surface area (Å²) in [7, 11) is 0. The number of hydrogen-bond acceptors (Lipinski definition) is 8. The lowest BCUT2D eigenvalue weighted by molar-refractivity contribution is -0.0807. The summed E-state index contributed by atoms with van der Waals surface area (Å²) in [5.41, 5.74) is -0.626. The molecule has 0 bridgehead atoms. The second-order valence-corrected chi connectivity index (χ2v) is 5.24. The highest BCUT2D eigenvalue weighted by atomic mass is 16.4. The molecule has 2 heterocycles. The first-order chi connectivity index (χ1) is 10.8. The SMILES string of the molecule is Cc1nc2c(=O)[nH]c(=O)nc-2n(C[C@H](O)[C@H](O)[C@H](O)CO)c1C. The van der Waals surface area contributed by atoms with E-state index in [0.717, 1.165) is 0 Å². The van der Waals surface area contributed by atoms with E-state index in [1.54, 1.807) is 13.8 Å². The van der Waals surface area contributed by atoms with E-state index in [0.29, 0.717) is 11.4 Å². The van der Waals surface area contributed by atoms with Gasteiger partial charge in [0.15, 0.2) is 11.5 Å². The van der Waals surface area contributed by atoms with Gasteiger partial charge in [-0.05, 0) is 13.8 Å². The molecule has 5 N–H and O–H groups in total. The summed E-state index contributed by atoms with van der Waals surface area (Å²) in [6.45, 7) is 2.32. The Labute approximate surface area is 130 Å². The Morgan fingerprint density at radius 3 is 2.39 bits per heavy atom. The topological polar surface area (TPSA) is 162 Å². The number of aliphatic hydroxyl groups excluding tert-OH is 4. The number of aryl methyl sites for hydroxylation is 1. The molecule has 0 saturated heterocycles. The number of aliphatic hydroxyl groups is 4. The Balaban J connectivity index is 2.53. The van der Waals surface area contributed by atoms with E-state index in [1.165, 1.54) is 4.57 Å². The number of H-pyrrole nitrogens is 1. The fraction of sp³-hybridized carbons (Fsp3) is 0.538. The second kappa shape index (κ2) is 6.54. The summed E-state index contributed by atoms with van der Waals surface area (Å²) < 4.78 is 1.37. The van der Waals surface area contributed by atoms with E-state index < -0.39 is 36.2 Å². The molecule has 0 amide bonds. The third-order valence-corrected chi connectivity index (χ3v) is 3.66. The number of nitrogens with one attached hydrogen (secondary N) is 1. The molecule has 2 rings (SSSR count). The molecule has 23 heavy (non-hydrogen) atoms. The lowest BCUT2D eigenvalue weighted by Gasteiger charge is -2.25. The van der Waals surface area contributed by atoms with Gasteiger partial charge in [-0.25, -0.2) is 9.78 Å². The first kappa shape index (κ1) is 17.2. The van der Waals surface area contributed by atoms with Gasteiger partial charge < -0.3 is 25.0 Å². The van der Waals surface area contributed by atoms with Crippen molar-refractivity contribution in [1.29, 1.82) is 0 Å². The van der Waals surface area contributed by atoms with Crippen LogP contribution in [0.25, 0.3) is 11.5 Å². The van der Waals surface area contributed by atoms with Crippen LogP contribution in [0, 0.1) is 13.8 Å². The van der Waals surface area contributed by atoms with Gasteiger partial charge in [-0.1, -0.05) is 0 Å². The van der Waals surface area contributed by atoms with Crippen LogP contribution < -0.4 is 11.2 Å². The summed E-state index contributed by atoms with van der Waals surface area (Å²) in [4.78, 5) is 33.1. The second-order valence-electron chi connectivity index (χ2n) is 5.24. The average molecular weight is 326 g/mol. The van der Waals surface area contributed by atoms with Gasteiger partial charge in [-0.15, -0.1) is 0 Å². The van der Waals surface area contributed by atoms with Gasteiger partial charge in [0.2, 0.25) is 0 Å². The van der Waals surface area contributed by atoms with Gasteiger partial charge in [0, 0.05) is 5.69 Å². The minimum Gasteiger partial charge on any atom is -0.394 e. The van der Waals surface area contributed by atoms with Crippen molar-refractivity contribution in [2.45, 2.75) is 38.7 Å². The Morgan fingerprint density at radius 2 is 1.78 bits per heavy atom. The summed E-state index contributed by atoms with van der Waals surface area (Å²) in [6, 6.07) is 0. The molecular weight excluding hydrogens is 308 g/mol. The molecule has 0 saturated carbocycles. The number of hydrogen-bond donors (Lipinski definition) is 5. The molecule has 2 aliphatic heterocycles. The van der Waals surface area contributed by atoms with Crippen molar-refractivity contribution in [2.24, 2.45) is 0 Å². The standard InChI is InChI=1S/C13H18N4O6/c1-5-6(2)17(3-7(19)10(21)8(20)4-18)11-9(14-5)12(22)16-13(23)15-11/h7-8,10,18-21H,3-4H2,1-2H3,(H,16,22,23)/t7-,8+,10-/m0/s1. The zero-order valence-corrected chi connectivity index (χ0v) is 12.6. The number of aromatic nitrogens is 4. The molecule has 3 atom stereocenters. The van der Waals surface area contributed by atoms with E-state index in [1.807, 2.05) is 4.98 Å². The summed E-state index contributed by atoms with van der Waals surface area (Å²) in [5, 5.41) is 38.0. The first-order valence-electron chi connectivity index (χ1n) is 6.89.